The summed E-state index contributed by atoms with van der Waals surface area (Å²) >= 11 is 1.32. The second kappa shape index (κ2) is 10.8. The predicted molar refractivity (Wildman–Crippen MR) is 134 cm³/mol. The van der Waals surface area contributed by atoms with Crippen molar-refractivity contribution < 1.29 is 4.79 Å². The molecule has 0 spiro atoms. The smallest absolute Gasteiger partial charge is 0.237 e. The SMILES string of the molecule is Cc1ccc(-n2c(SCC(=O)N(CCC#N)c3ccccc3)nnc2-c2ccccn2)c(C)c1. The number of carbonyl (C=O) groups is 1. The van der Waals surface area contributed by atoms with Crippen molar-refractivity contribution in [2.24, 2.45) is 0 Å². The van der Waals surface area contributed by atoms with Crippen LogP contribution in [0.25, 0.3) is 17.2 Å². The monoisotopic (exact) mass is 468 g/mol. The molecule has 0 saturated carbocycles. The van der Waals surface area contributed by atoms with E-state index in [0.29, 0.717) is 23.2 Å². The molecule has 2 aromatic heterocycles. The van der Waals surface area contributed by atoms with Crippen molar-refractivity contribution in [3.63, 3.8) is 0 Å². The quantitative estimate of drug-likeness (QED) is 0.339. The van der Waals surface area contributed by atoms with Crippen LogP contribution in [0, 0.1) is 25.2 Å². The molecule has 8 heteroatoms. The molecule has 0 N–H and O–H groups in total. The van der Waals surface area contributed by atoms with Crippen molar-refractivity contribution in [1.29, 1.82) is 5.26 Å². The number of hydrogen-bond acceptors (Lipinski definition) is 6. The van der Waals surface area contributed by atoms with E-state index in [9.17, 15) is 4.79 Å². The van der Waals surface area contributed by atoms with E-state index >= 15 is 0 Å². The van der Waals surface area contributed by atoms with Crippen LogP contribution in [0.15, 0.2) is 78.1 Å². The Morgan fingerprint density at radius 3 is 2.56 bits per heavy atom. The number of nitriles is 1. The highest BCUT2D eigenvalue weighted by molar-refractivity contribution is 7.99. The van der Waals surface area contributed by atoms with Gasteiger partial charge in [0.15, 0.2) is 11.0 Å². The highest BCUT2D eigenvalue weighted by Crippen LogP contribution is 2.29. The molecule has 0 unspecified atom stereocenters. The summed E-state index contributed by atoms with van der Waals surface area (Å²) in [6.07, 6.45) is 1.98. The fourth-order valence-corrected chi connectivity index (χ4v) is 4.49. The fraction of sp³-hybridized carbons (Fsp3) is 0.192. The maximum Gasteiger partial charge on any atom is 0.237 e. The van der Waals surface area contributed by atoms with Gasteiger partial charge < -0.3 is 4.90 Å². The predicted octanol–water partition coefficient (Wildman–Crippen LogP) is 4.99. The molecule has 0 fully saturated rings. The maximum atomic E-state index is 13.2. The zero-order chi connectivity index (χ0) is 23.9. The highest BCUT2D eigenvalue weighted by Gasteiger charge is 2.21. The molecule has 0 bridgehead atoms. The van der Waals surface area contributed by atoms with Gasteiger partial charge in [-0.2, -0.15) is 5.26 Å². The molecule has 170 valence electrons. The Morgan fingerprint density at radius 2 is 1.85 bits per heavy atom. The summed E-state index contributed by atoms with van der Waals surface area (Å²) in [5, 5.41) is 18.5. The van der Waals surface area contributed by atoms with Crippen LogP contribution in [-0.2, 0) is 4.79 Å². The Hall–Kier alpha value is -3.96. The number of hydrogen-bond donors (Lipinski definition) is 0. The van der Waals surface area contributed by atoms with Crippen LogP contribution in [0.5, 0.6) is 0 Å². The van der Waals surface area contributed by atoms with Gasteiger partial charge in [-0.15, -0.1) is 10.2 Å². The summed E-state index contributed by atoms with van der Waals surface area (Å²) in [5.74, 6) is 0.680. The summed E-state index contributed by atoms with van der Waals surface area (Å²) in [6, 6.07) is 23.4. The molecule has 2 heterocycles. The molecule has 0 saturated heterocycles. The summed E-state index contributed by atoms with van der Waals surface area (Å²) in [6.45, 7) is 4.43. The minimum atomic E-state index is -0.0963. The molecule has 34 heavy (non-hydrogen) atoms. The van der Waals surface area contributed by atoms with Gasteiger partial charge >= 0.3 is 0 Å². The van der Waals surface area contributed by atoms with Gasteiger partial charge in [0.1, 0.15) is 5.69 Å². The van der Waals surface area contributed by atoms with Crippen molar-refractivity contribution in [3.8, 4) is 23.3 Å². The third-order valence-corrected chi connectivity index (χ3v) is 6.18. The number of anilines is 1. The zero-order valence-corrected chi connectivity index (χ0v) is 19.9. The molecule has 4 rings (SSSR count). The standard InChI is InChI=1S/C26H24N6OS/c1-19-12-13-23(20(2)17-19)32-25(22-11-6-7-15-28-22)29-30-26(32)34-18-24(33)31(16-8-14-27)21-9-4-3-5-10-21/h3-7,9-13,15,17H,8,16,18H2,1-2H3. The summed E-state index contributed by atoms with van der Waals surface area (Å²) in [7, 11) is 0. The van der Waals surface area contributed by atoms with Gasteiger partial charge in [-0.3, -0.25) is 14.3 Å². The molecule has 2 aromatic carbocycles. The number of nitrogens with zero attached hydrogens (tertiary/aromatic N) is 6. The lowest BCUT2D eigenvalue weighted by Gasteiger charge is -2.21. The van der Waals surface area contributed by atoms with Crippen LogP contribution in [0.3, 0.4) is 0 Å². The summed E-state index contributed by atoms with van der Waals surface area (Å²) in [5.41, 5.74) is 4.65. The number of para-hydroxylation sites is 1. The minimum absolute atomic E-state index is 0.0963. The number of pyridine rings is 1. The number of carbonyl (C=O) groups excluding carboxylic acids is 1. The van der Waals surface area contributed by atoms with Crippen LogP contribution >= 0.6 is 11.8 Å². The number of aromatic nitrogens is 4. The minimum Gasteiger partial charge on any atom is -0.311 e. The Labute approximate surface area is 203 Å². The Bertz CT molecular complexity index is 1310. The van der Waals surface area contributed by atoms with Gasteiger partial charge in [-0.1, -0.05) is 53.7 Å². The molecule has 0 aliphatic carbocycles. The van der Waals surface area contributed by atoms with E-state index in [1.807, 2.05) is 72.2 Å². The van der Waals surface area contributed by atoms with Crippen molar-refractivity contribution in [3.05, 3.63) is 84.1 Å². The fourth-order valence-electron chi connectivity index (χ4n) is 3.67. The first-order chi connectivity index (χ1) is 16.6. The first-order valence-corrected chi connectivity index (χ1v) is 11.9. The van der Waals surface area contributed by atoms with Crippen molar-refractivity contribution in [2.75, 3.05) is 17.2 Å². The van der Waals surface area contributed by atoms with E-state index in [2.05, 4.69) is 34.2 Å². The van der Waals surface area contributed by atoms with Crippen LogP contribution in [0.4, 0.5) is 5.69 Å². The molecule has 7 nitrogen and oxygen atoms in total. The van der Waals surface area contributed by atoms with E-state index in [0.717, 1.165) is 22.5 Å². The van der Waals surface area contributed by atoms with Crippen LogP contribution in [0.1, 0.15) is 17.5 Å². The number of aryl methyl sites for hydroxylation is 2. The van der Waals surface area contributed by atoms with Crippen molar-refractivity contribution in [2.45, 2.75) is 25.4 Å². The molecule has 4 aromatic rings. The summed E-state index contributed by atoms with van der Waals surface area (Å²) in [4.78, 5) is 19.3. The van der Waals surface area contributed by atoms with E-state index in [4.69, 9.17) is 5.26 Å². The first kappa shape index (κ1) is 23.2. The second-order valence-corrected chi connectivity index (χ2v) is 8.67. The second-order valence-electron chi connectivity index (χ2n) is 7.72. The van der Waals surface area contributed by atoms with Gasteiger partial charge in [0.2, 0.25) is 5.91 Å². The van der Waals surface area contributed by atoms with Gasteiger partial charge in [0, 0.05) is 18.4 Å². The van der Waals surface area contributed by atoms with Crippen LogP contribution in [-0.4, -0.2) is 38.0 Å². The van der Waals surface area contributed by atoms with Gasteiger partial charge in [0.25, 0.3) is 0 Å². The average molecular weight is 469 g/mol. The van der Waals surface area contributed by atoms with Gasteiger partial charge in [-0.05, 0) is 49.7 Å². The molecule has 0 radical (unpaired) electrons. The number of amides is 1. The molecular formula is C26H24N6OS. The lowest BCUT2D eigenvalue weighted by atomic mass is 10.1. The average Bonchev–Trinajstić information content (AvgIpc) is 3.28. The van der Waals surface area contributed by atoms with Crippen molar-refractivity contribution in [1.82, 2.24) is 19.7 Å². The van der Waals surface area contributed by atoms with Gasteiger partial charge in [-0.25, -0.2) is 0 Å². The van der Waals surface area contributed by atoms with Crippen LogP contribution < -0.4 is 4.90 Å². The third kappa shape index (κ3) is 5.16. The number of thioether (sulfide) groups is 1. The van der Waals surface area contributed by atoms with E-state index in [-0.39, 0.29) is 18.1 Å². The molecule has 1 amide bonds. The summed E-state index contributed by atoms with van der Waals surface area (Å²) < 4.78 is 1.96. The van der Waals surface area contributed by atoms with E-state index in [1.54, 1.807) is 11.1 Å². The molecule has 0 aliphatic rings. The molecular weight excluding hydrogens is 444 g/mol. The number of rotatable bonds is 8. The first-order valence-electron chi connectivity index (χ1n) is 10.9. The molecule has 0 atom stereocenters. The van der Waals surface area contributed by atoms with E-state index < -0.39 is 0 Å². The Balaban J connectivity index is 1.66. The molecule has 0 aliphatic heterocycles. The largest absolute Gasteiger partial charge is 0.311 e. The van der Waals surface area contributed by atoms with Gasteiger partial charge in [0.05, 0.1) is 23.9 Å². The third-order valence-electron chi connectivity index (χ3n) is 5.26. The normalized spacial score (nSPS) is 10.6. The van der Waals surface area contributed by atoms with Crippen LogP contribution in [0.2, 0.25) is 0 Å². The lowest BCUT2D eigenvalue weighted by molar-refractivity contribution is -0.116. The lowest BCUT2D eigenvalue weighted by Crippen LogP contribution is -2.33. The highest BCUT2D eigenvalue weighted by atomic mass is 32.2. The van der Waals surface area contributed by atoms with E-state index in [1.165, 1.54) is 11.8 Å². The zero-order valence-electron chi connectivity index (χ0n) is 19.0. The maximum absolute atomic E-state index is 13.2. The number of benzene rings is 2. The van der Waals surface area contributed by atoms with Crippen molar-refractivity contribution >= 4 is 23.4 Å². The Morgan fingerprint density at radius 1 is 1.06 bits per heavy atom. The topological polar surface area (TPSA) is 87.7 Å². The Kier molecular flexibility index (Phi) is 7.35.